The second-order valence-corrected chi connectivity index (χ2v) is 4.13. The van der Waals surface area contributed by atoms with Gasteiger partial charge in [0.05, 0.1) is 6.54 Å². The number of alkyl halides is 5. The third-order valence-electron chi connectivity index (χ3n) is 2.66. The smallest absolute Gasteiger partial charge is 0.416 e. The maximum Gasteiger partial charge on any atom is 0.470 e. The van der Waals surface area contributed by atoms with Crippen LogP contribution in [0.4, 0.5) is 22.0 Å². The van der Waals surface area contributed by atoms with E-state index in [-0.39, 0.29) is 38.4 Å². The lowest BCUT2D eigenvalue weighted by Gasteiger charge is -2.30. The monoisotopic (exact) mass is 271 g/mol. The Hall–Kier alpha value is -1.25. The molecule has 0 saturated carbocycles. The number of nitrogens with zero attached hydrogens (tertiary/aromatic N) is 3. The van der Waals surface area contributed by atoms with Crippen molar-refractivity contribution in [2.75, 3.05) is 13.1 Å². The molecule has 1 aromatic heterocycles. The van der Waals surface area contributed by atoms with Crippen molar-refractivity contribution < 1.29 is 26.4 Å². The highest BCUT2D eigenvalue weighted by molar-refractivity contribution is 4.87. The van der Waals surface area contributed by atoms with E-state index in [0.717, 1.165) is 0 Å². The Morgan fingerprint density at radius 1 is 1.17 bits per heavy atom. The van der Waals surface area contributed by atoms with Gasteiger partial charge in [-0.3, -0.25) is 4.90 Å². The van der Waals surface area contributed by atoms with Crippen LogP contribution in [0.25, 0.3) is 0 Å². The van der Waals surface area contributed by atoms with Gasteiger partial charge in [-0.15, -0.1) is 10.2 Å². The van der Waals surface area contributed by atoms with Crippen LogP contribution in [0.3, 0.4) is 0 Å². The third kappa shape index (κ3) is 3.15. The van der Waals surface area contributed by atoms with E-state index in [4.69, 9.17) is 0 Å². The quantitative estimate of drug-likeness (QED) is 0.774. The number of aromatic nitrogens is 2. The second-order valence-electron chi connectivity index (χ2n) is 4.13. The van der Waals surface area contributed by atoms with Gasteiger partial charge in [0, 0.05) is 25.9 Å². The summed E-state index contributed by atoms with van der Waals surface area (Å²) >= 11 is 0. The molecule has 102 valence electrons. The highest BCUT2D eigenvalue weighted by Gasteiger charge is 2.39. The summed E-state index contributed by atoms with van der Waals surface area (Å²) in [5.41, 5.74) is 0. The fourth-order valence-corrected chi connectivity index (χ4v) is 1.66. The van der Waals surface area contributed by atoms with Gasteiger partial charge >= 0.3 is 12.1 Å². The standard InChI is InChI=1S/C9H10F5N3O/c10-8(11)1-3-17(4-2-8)5-6-15-16-7(18-6)9(12,13)14/h1-5H2. The zero-order valence-electron chi connectivity index (χ0n) is 9.18. The predicted octanol–water partition coefficient (Wildman–Crippen LogP) is 2.32. The first-order chi connectivity index (χ1) is 8.26. The average molecular weight is 271 g/mol. The summed E-state index contributed by atoms with van der Waals surface area (Å²) in [4.78, 5) is 1.56. The molecule has 2 heterocycles. The largest absolute Gasteiger partial charge is 0.470 e. The molecule has 0 bridgehead atoms. The highest BCUT2D eigenvalue weighted by Crippen LogP contribution is 2.30. The molecule has 1 aromatic rings. The van der Waals surface area contributed by atoms with Gasteiger partial charge in [-0.2, -0.15) is 13.2 Å². The fraction of sp³-hybridized carbons (Fsp3) is 0.778. The van der Waals surface area contributed by atoms with Crippen molar-refractivity contribution in [3.8, 4) is 0 Å². The van der Waals surface area contributed by atoms with Crippen LogP contribution in [0.15, 0.2) is 4.42 Å². The van der Waals surface area contributed by atoms with Crippen LogP contribution in [-0.4, -0.2) is 34.1 Å². The molecule has 0 radical (unpaired) electrons. The van der Waals surface area contributed by atoms with Gasteiger partial charge in [0.1, 0.15) is 0 Å². The lowest BCUT2D eigenvalue weighted by molar-refractivity contribution is -0.157. The average Bonchev–Trinajstić information content (AvgIpc) is 2.69. The molecule has 0 aromatic carbocycles. The minimum atomic E-state index is -4.68. The van der Waals surface area contributed by atoms with Crippen LogP contribution in [0.5, 0.6) is 0 Å². The number of hydrogen-bond acceptors (Lipinski definition) is 4. The van der Waals surface area contributed by atoms with E-state index >= 15 is 0 Å². The maximum absolute atomic E-state index is 12.9. The maximum atomic E-state index is 12.9. The topological polar surface area (TPSA) is 42.2 Å². The molecule has 0 amide bonds. The molecule has 1 fully saturated rings. The summed E-state index contributed by atoms with van der Waals surface area (Å²) in [6.07, 6.45) is -5.30. The van der Waals surface area contributed by atoms with Crippen LogP contribution in [0.2, 0.25) is 0 Å². The van der Waals surface area contributed by atoms with Gasteiger partial charge in [0.15, 0.2) is 0 Å². The van der Waals surface area contributed by atoms with Crippen LogP contribution in [0.1, 0.15) is 24.6 Å². The first-order valence-electron chi connectivity index (χ1n) is 5.26. The van der Waals surface area contributed by atoms with E-state index < -0.39 is 18.0 Å². The van der Waals surface area contributed by atoms with E-state index in [1.54, 1.807) is 4.90 Å². The Morgan fingerprint density at radius 2 is 1.78 bits per heavy atom. The Balaban J connectivity index is 1.93. The Kier molecular flexibility index (Phi) is 3.26. The van der Waals surface area contributed by atoms with E-state index in [1.807, 2.05) is 0 Å². The first kappa shape index (κ1) is 13.2. The predicted molar refractivity (Wildman–Crippen MR) is 48.8 cm³/mol. The molecule has 0 N–H and O–H groups in total. The first-order valence-corrected chi connectivity index (χ1v) is 5.26. The van der Waals surface area contributed by atoms with Gasteiger partial charge in [0.2, 0.25) is 5.89 Å². The molecule has 0 aliphatic carbocycles. The van der Waals surface area contributed by atoms with Gasteiger partial charge in [-0.25, -0.2) is 8.78 Å². The zero-order chi connectivity index (χ0) is 13.4. The molecule has 9 heteroatoms. The van der Waals surface area contributed by atoms with E-state index in [0.29, 0.717) is 0 Å². The van der Waals surface area contributed by atoms with Gasteiger partial charge in [-0.05, 0) is 0 Å². The van der Waals surface area contributed by atoms with Crippen molar-refractivity contribution in [3.05, 3.63) is 11.8 Å². The minimum absolute atomic E-state index is 0.0425. The SMILES string of the molecule is FC1(F)CCN(Cc2nnc(C(F)(F)F)o2)CC1. The lowest BCUT2D eigenvalue weighted by Crippen LogP contribution is -2.38. The van der Waals surface area contributed by atoms with Crippen LogP contribution < -0.4 is 0 Å². The summed E-state index contributed by atoms with van der Waals surface area (Å²) in [6.45, 7) is 0.145. The summed E-state index contributed by atoms with van der Waals surface area (Å²) in [7, 11) is 0. The molecule has 0 atom stereocenters. The summed E-state index contributed by atoms with van der Waals surface area (Å²) in [5.74, 6) is -4.32. The van der Waals surface area contributed by atoms with Crippen molar-refractivity contribution >= 4 is 0 Å². The summed E-state index contributed by atoms with van der Waals surface area (Å²) in [5, 5.41) is 6.11. The molecule has 1 aliphatic rings. The zero-order valence-corrected chi connectivity index (χ0v) is 9.18. The molecule has 1 saturated heterocycles. The molecule has 2 rings (SSSR count). The third-order valence-corrected chi connectivity index (χ3v) is 2.66. The summed E-state index contributed by atoms with van der Waals surface area (Å²) in [6, 6.07) is 0. The summed E-state index contributed by atoms with van der Waals surface area (Å²) < 4.78 is 66.6. The Morgan fingerprint density at radius 3 is 2.28 bits per heavy atom. The van der Waals surface area contributed by atoms with E-state index in [2.05, 4.69) is 14.6 Å². The van der Waals surface area contributed by atoms with Gasteiger partial charge in [0.25, 0.3) is 5.92 Å². The van der Waals surface area contributed by atoms with Crippen molar-refractivity contribution in [2.45, 2.75) is 31.5 Å². The Labute approximate surface area is 98.8 Å². The van der Waals surface area contributed by atoms with Crippen LogP contribution in [0, 0.1) is 0 Å². The number of piperidine rings is 1. The molecular weight excluding hydrogens is 261 g/mol. The normalized spacial score (nSPS) is 21.2. The molecular formula is C9H10F5N3O. The van der Waals surface area contributed by atoms with Crippen molar-refractivity contribution in [1.29, 1.82) is 0 Å². The van der Waals surface area contributed by atoms with E-state index in [1.165, 1.54) is 0 Å². The minimum Gasteiger partial charge on any atom is -0.416 e. The van der Waals surface area contributed by atoms with Crippen LogP contribution >= 0.6 is 0 Å². The van der Waals surface area contributed by atoms with Crippen molar-refractivity contribution in [3.63, 3.8) is 0 Å². The highest BCUT2D eigenvalue weighted by atomic mass is 19.4. The number of likely N-dealkylation sites (tertiary alicyclic amines) is 1. The molecule has 1 aliphatic heterocycles. The fourth-order valence-electron chi connectivity index (χ4n) is 1.66. The van der Waals surface area contributed by atoms with Crippen molar-refractivity contribution in [2.24, 2.45) is 0 Å². The van der Waals surface area contributed by atoms with Crippen LogP contribution in [-0.2, 0) is 12.7 Å². The number of halogens is 5. The van der Waals surface area contributed by atoms with E-state index in [9.17, 15) is 22.0 Å². The molecule has 0 spiro atoms. The second kappa shape index (κ2) is 4.45. The van der Waals surface area contributed by atoms with Gasteiger partial charge in [-0.1, -0.05) is 0 Å². The number of hydrogen-bond donors (Lipinski definition) is 0. The number of rotatable bonds is 2. The van der Waals surface area contributed by atoms with Crippen molar-refractivity contribution in [1.82, 2.24) is 15.1 Å². The van der Waals surface area contributed by atoms with Gasteiger partial charge < -0.3 is 4.42 Å². The molecule has 4 nitrogen and oxygen atoms in total. The molecule has 0 unspecified atom stereocenters. The lowest BCUT2D eigenvalue weighted by atomic mass is 10.1. The molecule has 18 heavy (non-hydrogen) atoms. The Bertz CT molecular complexity index is 407.